The van der Waals surface area contributed by atoms with Crippen molar-refractivity contribution in [3.63, 3.8) is 0 Å². The summed E-state index contributed by atoms with van der Waals surface area (Å²) in [5, 5.41) is 2.91. The summed E-state index contributed by atoms with van der Waals surface area (Å²) in [7, 11) is 3.01. The van der Waals surface area contributed by atoms with Crippen LogP contribution >= 0.6 is 0 Å². The molecule has 2 rings (SSSR count). The second-order valence-electron chi connectivity index (χ2n) is 4.28. The van der Waals surface area contributed by atoms with Gasteiger partial charge in [0.15, 0.2) is 23.1 Å². The van der Waals surface area contributed by atoms with Crippen LogP contribution in [-0.4, -0.2) is 14.2 Å². The molecule has 21 heavy (non-hydrogen) atoms. The quantitative estimate of drug-likeness (QED) is 0.853. The Bertz CT molecular complexity index is 647. The van der Waals surface area contributed by atoms with Crippen molar-refractivity contribution in [1.82, 2.24) is 0 Å². The average Bonchev–Trinajstić information content (AvgIpc) is 2.49. The normalized spacial score (nSPS) is 10.3. The van der Waals surface area contributed by atoms with Crippen molar-refractivity contribution >= 4 is 5.69 Å². The number of ether oxygens (including phenoxy) is 2. The molecule has 0 aliphatic rings. The fourth-order valence-electron chi connectivity index (χ4n) is 1.84. The van der Waals surface area contributed by atoms with Gasteiger partial charge in [0.1, 0.15) is 5.82 Å². The maximum atomic E-state index is 13.5. The molecule has 3 nitrogen and oxygen atoms in total. The topological polar surface area (TPSA) is 30.5 Å². The van der Waals surface area contributed by atoms with E-state index in [0.717, 1.165) is 6.07 Å². The Kier molecular flexibility index (Phi) is 4.57. The van der Waals surface area contributed by atoms with E-state index in [0.29, 0.717) is 23.3 Å². The fraction of sp³-hybridized carbons (Fsp3) is 0.200. The fourth-order valence-corrected chi connectivity index (χ4v) is 1.84. The van der Waals surface area contributed by atoms with Gasteiger partial charge < -0.3 is 14.8 Å². The zero-order chi connectivity index (χ0) is 15.4. The van der Waals surface area contributed by atoms with E-state index in [4.69, 9.17) is 9.47 Å². The smallest absolute Gasteiger partial charge is 0.162 e. The van der Waals surface area contributed by atoms with Crippen molar-refractivity contribution in [2.75, 3.05) is 19.5 Å². The van der Waals surface area contributed by atoms with Crippen molar-refractivity contribution in [2.45, 2.75) is 6.54 Å². The Labute approximate surface area is 120 Å². The van der Waals surface area contributed by atoms with E-state index < -0.39 is 17.5 Å². The molecule has 0 radical (unpaired) electrons. The summed E-state index contributed by atoms with van der Waals surface area (Å²) in [5.41, 5.74) is 0.667. The molecule has 0 saturated heterocycles. The Balaban J connectivity index is 2.15. The molecule has 1 N–H and O–H groups in total. The zero-order valence-corrected chi connectivity index (χ0v) is 11.5. The van der Waals surface area contributed by atoms with Gasteiger partial charge in [-0.2, -0.15) is 0 Å². The number of methoxy groups -OCH3 is 2. The first-order valence-electron chi connectivity index (χ1n) is 6.14. The largest absolute Gasteiger partial charge is 0.493 e. The molecule has 0 aliphatic carbocycles. The van der Waals surface area contributed by atoms with Crippen LogP contribution in [0.25, 0.3) is 0 Å². The number of hydrogen-bond acceptors (Lipinski definition) is 3. The highest BCUT2D eigenvalue weighted by molar-refractivity contribution is 5.55. The van der Waals surface area contributed by atoms with Crippen molar-refractivity contribution in [1.29, 1.82) is 0 Å². The molecule has 2 aromatic carbocycles. The van der Waals surface area contributed by atoms with Crippen LogP contribution in [0.5, 0.6) is 11.5 Å². The van der Waals surface area contributed by atoms with Crippen molar-refractivity contribution < 1.29 is 22.6 Å². The van der Waals surface area contributed by atoms with Crippen molar-refractivity contribution in [2.24, 2.45) is 0 Å². The van der Waals surface area contributed by atoms with Gasteiger partial charge in [0.05, 0.1) is 14.2 Å². The molecule has 0 spiro atoms. The minimum atomic E-state index is -1.21. The first-order valence-corrected chi connectivity index (χ1v) is 6.14. The molecule has 0 fully saturated rings. The Morgan fingerprint density at radius 1 is 0.857 bits per heavy atom. The summed E-state index contributed by atoms with van der Waals surface area (Å²) >= 11 is 0. The van der Waals surface area contributed by atoms with E-state index in [2.05, 4.69) is 5.32 Å². The maximum Gasteiger partial charge on any atom is 0.162 e. The van der Waals surface area contributed by atoms with Gasteiger partial charge in [0, 0.05) is 29.9 Å². The minimum absolute atomic E-state index is 0.0124. The van der Waals surface area contributed by atoms with E-state index >= 15 is 0 Å². The zero-order valence-electron chi connectivity index (χ0n) is 11.5. The molecule has 6 heteroatoms. The van der Waals surface area contributed by atoms with Crippen LogP contribution in [-0.2, 0) is 6.54 Å². The van der Waals surface area contributed by atoms with Crippen LogP contribution < -0.4 is 14.8 Å². The minimum Gasteiger partial charge on any atom is -0.493 e. The molecule has 0 saturated carbocycles. The molecule has 0 heterocycles. The summed E-state index contributed by atoms with van der Waals surface area (Å²) in [6.45, 7) is 0.0124. The van der Waals surface area contributed by atoms with Crippen LogP contribution in [0.1, 0.15) is 5.56 Å². The first kappa shape index (κ1) is 15.0. The lowest BCUT2D eigenvalue weighted by atomic mass is 10.2. The monoisotopic (exact) mass is 297 g/mol. The van der Waals surface area contributed by atoms with E-state index in [1.54, 1.807) is 18.2 Å². The van der Waals surface area contributed by atoms with Crippen LogP contribution in [0.2, 0.25) is 0 Å². The summed E-state index contributed by atoms with van der Waals surface area (Å²) in [6, 6.07) is 6.41. The molecule has 0 bridgehead atoms. The van der Waals surface area contributed by atoms with E-state index in [1.165, 1.54) is 14.2 Å². The highest BCUT2D eigenvalue weighted by Gasteiger charge is 2.10. The third-order valence-corrected chi connectivity index (χ3v) is 2.96. The summed E-state index contributed by atoms with van der Waals surface area (Å²) in [5.74, 6) is -2.03. The van der Waals surface area contributed by atoms with E-state index in [-0.39, 0.29) is 12.1 Å². The molecule has 0 amide bonds. The lowest BCUT2D eigenvalue weighted by molar-refractivity contribution is 0.355. The molecular weight excluding hydrogens is 283 g/mol. The predicted molar refractivity (Wildman–Crippen MR) is 73.2 cm³/mol. The lowest BCUT2D eigenvalue weighted by Crippen LogP contribution is -2.04. The number of benzene rings is 2. The van der Waals surface area contributed by atoms with Gasteiger partial charge in [0.25, 0.3) is 0 Å². The molecule has 0 aliphatic heterocycles. The number of halogens is 3. The highest BCUT2D eigenvalue weighted by atomic mass is 19.2. The average molecular weight is 297 g/mol. The maximum absolute atomic E-state index is 13.5. The molecule has 0 atom stereocenters. The van der Waals surface area contributed by atoms with Gasteiger partial charge in [-0.1, -0.05) is 0 Å². The number of rotatable bonds is 5. The van der Waals surface area contributed by atoms with E-state index in [1.807, 2.05) is 0 Å². The van der Waals surface area contributed by atoms with Crippen LogP contribution in [0.4, 0.5) is 18.9 Å². The van der Waals surface area contributed by atoms with Crippen molar-refractivity contribution in [3.8, 4) is 11.5 Å². The second kappa shape index (κ2) is 6.39. The number of nitrogens with one attached hydrogen (secondary N) is 1. The van der Waals surface area contributed by atoms with Gasteiger partial charge in [-0.25, -0.2) is 13.2 Å². The Morgan fingerprint density at radius 3 is 2.19 bits per heavy atom. The highest BCUT2D eigenvalue weighted by Crippen LogP contribution is 2.30. The van der Waals surface area contributed by atoms with Gasteiger partial charge in [-0.3, -0.25) is 0 Å². The van der Waals surface area contributed by atoms with Gasteiger partial charge in [-0.05, 0) is 18.2 Å². The third kappa shape index (κ3) is 3.39. The molecule has 0 unspecified atom stereocenters. The second-order valence-corrected chi connectivity index (χ2v) is 4.28. The molecule has 112 valence electrons. The number of hydrogen-bond donors (Lipinski definition) is 1. The Hall–Kier alpha value is -2.37. The Morgan fingerprint density at radius 2 is 1.52 bits per heavy atom. The molecular formula is C15H14F3NO2. The van der Waals surface area contributed by atoms with Gasteiger partial charge in [0.2, 0.25) is 0 Å². The standard InChI is InChI=1S/C15H14F3NO2/c1-20-14-4-3-10(6-15(14)21-2)19-8-9-5-12(17)13(18)7-11(9)16/h3-7,19H,8H2,1-2H3. The molecule has 0 aromatic heterocycles. The number of anilines is 1. The van der Waals surface area contributed by atoms with Gasteiger partial charge in [-0.15, -0.1) is 0 Å². The summed E-state index contributed by atoms with van der Waals surface area (Å²) < 4.78 is 49.7. The van der Waals surface area contributed by atoms with Crippen LogP contribution in [0.3, 0.4) is 0 Å². The SMILES string of the molecule is COc1ccc(NCc2cc(F)c(F)cc2F)cc1OC. The van der Waals surface area contributed by atoms with Crippen molar-refractivity contribution in [3.05, 3.63) is 53.3 Å². The first-order chi connectivity index (χ1) is 10.0. The molecule has 2 aromatic rings. The predicted octanol–water partition coefficient (Wildman–Crippen LogP) is 3.73. The summed E-state index contributed by atoms with van der Waals surface area (Å²) in [6.07, 6.45) is 0. The van der Waals surface area contributed by atoms with Gasteiger partial charge >= 0.3 is 0 Å². The van der Waals surface area contributed by atoms with Crippen LogP contribution in [0, 0.1) is 17.5 Å². The third-order valence-electron chi connectivity index (χ3n) is 2.96. The lowest BCUT2D eigenvalue weighted by Gasteiger charge is -2.12. The van der Waals surface area contributed by atoms with Crippen LogP contribution in [0.15, 0.2) is 30.3 Å². The van der Waals surface area contributed by atoms with E-state index in [9.17, 15) is 13.2 Å². The summed E-state index contributed by atoms with van der Waals surface area (Å²) in [4.78, 5) is 0.